The van der Waals surface area contributed by atoms with E-state index in [4.69, 9.17) is 22.1 Å². The minimum Gasteiger partial charge on any atom is -0.473 e. The van der Waals surface area contributed by atoms with Gasteiger partial charge in [0.1, 0.15) is 6.61 Å². The second-order valence-corrected chi connectivity index (χ2v) is 4.45. The molecule has 1 aromatic carbocycles. The average Bonchev–Trinajstić information content (AvgIpc) is 2.38. The molecule has 0 aliphatic carbocycles. The molecule has 3 nitrogen and oxygen atoms in total. The van der Waals surface area contributed by atoms with Crippen LogP contribution in [-0.2, 0) is 13.2 Å². The summed E-state index contributed by atoms with van der Waals surface area (Å²) in [5.41, 5.74) is 8.59. The highest BCUT2D eigenvalue weighted by atomic mass is 35.5. The Kier molecular flexibility index (Phi) is 4.18. The smallest absolute Gasteiger partial charge is 0.213 e. The molecule has 0 atom stereocenters. The summed E-state index contributed by atoms with van der Waals surface area (Å²) in [6.45, 7) is 2.90. The Morgan fingerprint density at radius 3 is 2.50 bits per heavy atom. The molecule has 0 amide bonds. The lowest BCUT2D eigenvalue weighted by atomic mass is 10.2. The lowest BCUT2D eigenvalue weighted by molar-refractivity contribution is 0.293. The number of aryl methyl sites for hydroxylation is 1. The first kappa shape index (κ1) is 12.9. The van der Waals surface area contributed by atoms with Gasteiger partial charge in [0, 0.05) is 23.3 Å². The van der Waals surface area contributed by atoms with E-state index < -0.39 is 0 Å². The second kappa shape index (κ2) is 5.85. The van der Waals surface area contributed by atoms with Crippen molar-refractivity contribution >= 4 is 11.6 Å². The van der Waals surface area contributed by atoms with Gasteiger partial charge in [-0.2, -0.15) is 0 Å². The molecule has 94 valence electrons. The first-order valence-corrected chi connectivity index (χ1v) is 6.10. The molecule has 2 aromatic rings. The number of rotatable bonds is 4. The summed E-state index contributed by atoms with van der Waals surface area (Å²) in [4.78, 5) is 4.35. The average molecular weight is 263 g/mol. The maximum Gasteiger partial charge on any atom is 0.213 e. The molecule has 0 spiro atoms. The Morgan fingerprint density at radius 1 is 1.17 bits per heavy atom. The first-order valence-electron chi connectivity index (χ1n) is 5.73. The van der Waals surface area contributed by atoms with Crippen LogP contribution in [0.3, 0.4) is 0 Å². The van der Waals surface area contributed by atoms with Crippen molar-refractivity contribution in [3.8, 4) is 5.88 Å². The van der Waals surface area contributed by atoms with Gasteiger partial charge >= 0.3 is 0 Å². The van der Waals surface area contributed by atoms with Gasteiger partial charge in [0.25, 0.3) is 0 Å². The lowest BCUT2D eigenvalue weighted by Gasteiger charge is -2.08. The van der Waals surface area contributed by atoms with E-state index in [1.807, 2.05) is 43.3 Å². The van der Waals surface area contributed by atoms with Crippen molar-refractivity contribution < 1.29 is 4.74 Å². The molecule has 18 heavy (non-hydrogen) atoms. The first-order chi connectivity index (χ1) is 8.69. The molecule has 0 fully saturated rings. The van der Waals surface area contributed by atoms with Crippen LogP contribution in [0.1, 0.15) is 16.8 Å². The normalized spacial score (nSPS) is 10.4. The summed E-state index contributed by atoms with van der Waals surface area (Å²) in [5, 5.41) is 0.722. The fraction of sp³-hybridized carbons (Fsp3) is 0.214. The predicted octanol–water partition coefficient (Wildman–Crippen LogP) is 3.08. The summed E-state index contributed by atoms with van der Waals surface area (Å²) in [5.74, 6) is 0.611. The monoisotopic (exact) mass is 262 g/mol. The molecule has 4 heteroatoms. The molecule has 1 aromatic heterocycles. The van der Waals surface area contributed by atoms with Crippen LogP contribution in [0.25, 0.3) is 0 Å². The lowest BCUT2D eigenvalue weighted by Crippen LogP contribution is -2.03. The van der Waals surface area contributed by atoms with Crippen LogP contribution in [0.2, 0.25) is 5.02 Å². The van der Waals surface area contributed by atoms with Crippen LogP contribution in [0.4, 0.5) is 0 Å². The number of pyridine rings is 1. The quantitative estimate of drug-likeness (QED) is 0.921. The third-order valence-electron chi connectivity index (χ3n) is 2.69. The van der Waals surface area contributed by atoms with Crippen LogP contribution >= 0.6 is 11.6 Å². The Labute approximate surface area is 112 Å². The zero-order valence-corrected chi connectivity index (χ0v) is 10.9. The Morgan fingerprint density at radius 2 is 1.89 bits per heavy atom. The van der Waals surface area contributed by atoms with E-state index in [2.05, 4.69) is 4.98 Å². The molecule has 0 aliphatic rings. The summed E-state index contributed by atoms with van der Waals surface area (Å²) in [6.07, 6.45) is 0. The number of nitrogens with zero attached hydrogens (tertiary/aromatic N) is 1. The number of nitrogens with two attached hydrogens (primary N) is 1. The van der Waals surface area contributed by atoms with Crippen molar-refractivity contribution in [2.75, 3.05) is 0 Å². The summed E-state index contributed by atoms with van der Waals surface area (Å²) >= 11 is 5.82. The van der Waals surface area contributed by atoms with Crippen LogP contribution in [-0.4, -0.2) is 4.98 Å². The van der Waals surface area contributed by atoms with E-state index in [-0.39, 0.29) is 0 Å². The number of aromatic nitrogens is 1. The van der Waals surface area contributed by atoms with Crippen molar-refractivity contribution in [3.05, 3.63) is 58.2 Å². The van der Waals surface area contributed by atoms with E-state index in [1.54, 1.807) is 0 Å². The van der Waals surface area contributed by atoms with Gasteiger partial charge in [-0.1, -0.05) is 29.8 Å². The molecule has 0 radical (unpaired) electrons. The van der Waals surface area contributed by atoms with Gasteiger partial charge in [-0.3, -0.25) is 0 Å². The van der Waals surface area contributed by atoms with Crippen LogP contribution < -0.4 is 10.5 Å². The summed E-state index contributed by atoms with van der Waals surface area (Å²) in [6, 6.07) is 11.3. The molecule has 0 aliphatic heterocycles. The van der Waals surface area contributed by atoms with Gasteiger partial charge in [0.15, 0.2) is 0 Å². The molecule has 0 saturated carbocycles. The second-order valence-electron chi connectivity index (χ2n) is 4.01. The van der Waals surface area contributed by atoms with E-state index in [9.17, 15) is 0 Å². The van der Waals surface area contributed by atoms with Gasteiger partial charge < -0.3 is 10.5 Å². The molecular weight excluding hydrogens is 248 g/mol. The van der Waals surface area contributed by atoms with Gasteiger partial charge in [0.2, 0.25) is 5.88 Å². The zero-order chi connectivity index (χ0) is 13.0. The maximum atomic E-state index is 5.82. The largest absolute Gasteiger partial charge is 0.473 e. The highest BCUT2D eigenvalue weighted by molar-refractivity contribution is 6.30. The Bertz CT molecular complexity index is 526. The molecule has 0 unspecified atom stereocenters. The predicted molar refractivity (Wildman–Crippen MR) is 72.6 cm³/mol. The number of halogens is 1. The number of hydrogen-bond donors (Lipinski definition) is 1. The summed E-state index contributed by atoms with van der Waals surface area (Å²) < 4.78 is 5.62. The fourth-order valence-electron chi connectivity index (χ4n) is 1.60. The molecular formula is C14H15ClN2O. The maximum absolute atomic E-state index is 5.82. The number of benzene rings is 1. The Hall–Kier alpha value is -1.58. The van der Waals surface area contributed by atoms with Crippen molar-refractivity contribution in [2.24, 2.45) is 5.73 Å². The molecule has 2 N–H and O–H groups in total. The van der Waals surface area contributed by atoms with Crippen LogP contribution in [0.5, 0.6) is 5.88 Å². The van der Waals surface area contributed by atoms with Crippen LogP contribution in [0, 0.1) is 6.92 Å². The summed E-state index contributed by atoms with van der Waals surface area (Å²) in [7, 11) is 0. The van der Waals surface area contributed by atoms with Crippen LogP contribution in [0.15, 0.2) is 36.4 Å². The van der Waals surface area contributed by atoms with E-state index in [1.165, 1.54) is 0 Å². The van der Waals surface area contributed by atoms with E-state index >= 15 is 0 Å². The zero-order valence-electron chi connectivity index (χ0n) is 10.2. The number of hydrogen-bond acceptors (Lipinski definition) is 3. The topological polar surface area (TPSA) is 48.1 Å². The van der Waals surface area contributed by atoms with Crippen molar-refractivity contribution in [3.63, 3.8) is 0 Å². The number of ether oxygens (including phenoxy) is 1. The van der Waals surface area contributed by atoms with Gasteiger partial charge in [-0.05, 0) is 30.2 Å². The SMILES string of the molecule is Cc1nc(OCc2ccc(Cl)cc2)ccc1CN. The Balaban J connectivity index is 2.02. The standard InChI is InChI=1S/C14H15ClN2O/c1-10-12(8-16)4-7-14(17-10)18-9-11-2-5-13(15)6-3-11/h2-7H,8-9,16H2,1H3. The third-order valence-corrected chi connectivity index (χ3v) is 2.94. The van der Waals surface area contributed by atoms with Gasteiger partial charge in [0.05, 0.1) is 0 Å². The van der Waals surface area contributed by atoms with Crippen molar-refractivity contribution in [1.29, 1.82) is 0 Å². The molecule has 1 heterocycles. The molecule has 0 bridgehead atoms. The minimum absolute atomic E-state index is 0.478. The van der Waals surface area contributed by atoms with E-state index in [0.29, 0.717) is 19.0 Å². The fourth-order valence-corrected chi connectivity index (χ4v) is 1.73. The van der Waals surface area contributed by atoms with Gasteiger partial charge in [-0.15, -0.1) is 0 Å². The molecule has 2 rings (SSSR count). The van der Waals surface area contributed by atoms with Crippen molar-refractivity contribution in [2.45, 2.75) is 20.1 Å². The van der Waals surface area contributed by atoms with E-state index in [0.717, 1.165) is 21.8 Å². The highest BCUT2D eigenvalue weighted by Crippen LogP contribution is 2.15. The highest BCUT2D eigenvalue weighted by Gasteiger charge is 2.01. The minimum atomic E-state index is 0.478. The van der Waals surface area contributed by atoms with Gasteiger partial charge in [-0.25, -0.2) is 4.98 Å². The third kappa shape index (κ3) is 3.22. The molecule has 0 saturated heterocycles. The van der Waals surface area contributed by atoms with Crippen molar-refractivity contribution in [1.82, 2.24) is 4.98 Å².